The van der Waals surface area contributed by atoms with Crippen molar-refractivity contribution < 1.29 is 23.0 Å². The summed E-state index contributed by atoms with van der Waals surface area (Å²) in [7, 11) is 1.49. The lowest BCUT2D eigenvalue weighted by Crippen LogP contribution is -2.53. The Labute approximate surface area is 129 Å². The van der Waals surface area contributed by atoms with Crippen molar-refractivity contribution in [3.8, 4) is 0 Å². The molecule has 0 saturated carbocycles. The number of methoxy groups -OCH3 is 1. The van der Waals surface area contributed by atoms with Crippen molar-refractivity contribution in [1.82, 2.24) is 4.90 Å². The number of rotatable bonds is 3. The second-order valence-electron chi connectivity index (χ2n) is 6.50. The first-order valence-corrected chi connectivity index (χ1v) is 7.16. The monoisotopic (exact) mass is 313 g/mol. The fourth-order valence-electron chi connectivity index (χ4n) is 2.52. The molecule has 0 aromatic heterocycles. The Morgan fingerprint density at radius 2 is 1.77 bits per heavy atom. The topological polar surface area (TPSA) is 38.8 Å². The van der Waals surface area contributed by atoms with Gasteiger partial charge in [0, 0.05) is 32.2 Å². The molecule has 1 aromatic rings. The van der Waals surface area contributed by atoms with Gasteiger partial charge in [-0.1, -0.05) is 0 Å². The van der Waals surface area contributed by atoms with Crippen molar-refractivity contribution in [2.24, 2.45) is 5.92 Å². The van der Waals surface area contributed by atoms with Gasteiger partial charge in [0.25, 0.3) is 0 Å². The molecule has 1 atom stereocenters. The van der Waals surface area contributed by atoms with E-state index in [4.69, 9.17) is 9.47 Å². The number of hydrogen-bond donors (Lipinski definition) is 0. The number of amides is 1. The lowest BCUT2D eigenvalue weighted by atomic mass is 9.89. The Kier molecular flexibility index (Phi) is 4.70. The zero-order valence-corrected chi connectivity index (χ0v) is 13.2. The summed E-state index contributed by atoms with van der Waals surface area (Å²) in [4.78, 5) is 13.4. The maximum absolute atomic E-state index is 13.3. The van der Waals surface area contributed by atoms with E-state index in [9.17, 15) is 13.6 Å². The van der Waals surface area contributed by atoms with Gasteiger partial charge in [0.15, 0.2) is 0 Å². The summed E-state index contributed by atoms with van der Waals surface area (Å²) in [6.45, 7) is 6.28. The number of halogens is 2. The second kappa shape index (κ2) is 6.20. The fraction of sp³-hybridized carbons (Fsp3) is 0.562. The van der Waals surface area contributed by atoms with Gasteiger partial charge in [-0.2, -0.15) is 0 Å². The molecular formula is C16H21F2NO3. The van der Waals surface area contributed by atoms with Crippen LogP contribution in [0.3, 0.4) is 0 Å². The van der Waals surface area contributed by atoms with E-state index in [1.165, 1.54) is 19.2 Å². The molecule has 1 aromatic carbocycles. The SMILES string of the molecule is COC(c1cc(F)cc(F)c1)C1CN(C(=O)OC(C)(C)C)C1. The highest BCUT2D eigenvalue weighted by molar-refractivity contribution is 5.69. The Morgan fingerprint density at radius 3 is 2.23 bits per heavy atom. The average Bonchev–Trinajstić information content (AvgIpc) is 2.28. The van der Waals surface area contributed by atoms with Crippen molar-refractivity contribution >= 4 is 6.09 Å². The molecule has 1 amide bonds. The van der Waals surface area contributed by atoms with Gasteiger partial charge in [-0.25, -0.2) is 13.6 Å². The summed E-state index contributed by atoms with van der Waals surface area (Å²) in [6, 6.07) is 3.34. The first-order valence-electron chi connectivity index (χ1n) is 7.16. The predicted molar refractivity (Wildman–Crippen MR) is 77.4 cm³/mol. The lowest BCUT2D eigenvalue weighted by molar-refractivity contribution is -0.0449. The van der Waals surface area contributed by atoms with Gasteiger partial charge in [0.05, 0.1) is 6.10 Å². The van der Waals surface area contributed by atoms with E-state index in [-0.39, 0.29) is 12.0 Å². The second-order valence-corrected chi connectivity index (χ2v) is 6.50. The molecular weight excluding hydrogens is 292 g/mol. The summed E-state index contributed by atoms with van der Waals surface area (Å²) < 4.78 is 37.3. The van der Waals surface area contributed by atoms with Crippen molar-refractivity contribution in [3.63, 3.8) is 0 Å². The summed E-state index contributed by atoms with van der Waals surface area (Å²) in [6.07, 6.45) is -0.840. The van der Waals surface area contributed by atoms with Crippen LogP contribution in [0.25, 0.3) is 0 Å². The summed E-state index contributed by atoms with van der Waals surface area (Å²) in [5.74, 6) is -1.29. The molecule has 2 rings (SSSR count). The van der Waals surface area contributed by atoms with Crippen molar-refractivity contribution in [3.05, 3.63) is 35.4 Å². The van der Waals surface area contributed by atoms with Gasteiger partial charge >= 0.3 is 6.09 Å². The van der Waals surface area contributed by atoms with E-state index in [0.29, 0.717) is 18.7 Å². The maximum atomic E-state index is 13.3. The van der Waals surface area contributed by atoms with Crippen LogP contribution in [0.1, 0.15) is 32.4 Å². The van der Waals surface area contributed by atoms with E-state index in [2.05, 4.69) is 0 Å². The van der Waals surface area contributed by atoms with Crippen LogP contribution in [-0.2, 0) is 9.47 Å². The van der Waals surface area contributed by atoms with Crippen LogP contribution in [0.2, 0.25) is 0 Å². The summed E-state index contributed by atoms with van der Waals surface area (Å²) in [5.41, 5.74) is -0.108. The van der Waals surface area contributed by atoms with E-state index < -0.39 is 23.3 Å². The highest BCUT2D eigenvalue weighted by atomic mass is 19.1. The van der Waals surface area contributed by atoms with E-state index in [1.807, 2.05) is 0 Å². The van der Waals surface area contributed by atoms with Crippen molar-refractivity contribution in [2.75, 3.05) is 20.2 Å². The summed E-state index contributed by atoms with van der Waals surface area (Å²) >= 11 is 0. The molecule has 6 heteroatoms. The number of likely N-dealkylation sites (tertiary alicyclic amines) is 1. The molecule has 22 heavy (non-hydrogen) atoms. The molecule has 1 heterocycles. The first-order chi connectivity index (χ1) is 10.2. The molecule has 0 bridgehead atoms. The van der Waals surface area contributed by atoms with Crippen LogP contribution in [0.4, 0.5) is 13.6 Å². The van der Waals surface area contributed by atoms with Crippen LogP contribution in [-0.4, -0.2) is 36.8 Å². The van der Waals surface area contributed by atoms with Crippen LogP contribution < -0.4 is 0 Å². The Bertz CT molecular complexity index is 531. The van der Waals surface area contributed by atoms with Crippen molar-refractivity contribution in [1.29, 1.82) is 0 Å². The third-order valence-corrected chi connectivity index (χ3v) is 3.46. The zero-order valence-electron chi connectivity index (χ0n) is 13.2. The molecule has 0 spiro atoms. The quantitative estimate of drug-likeness (QED) is 0.857. The normalized spacial score (nSPS) is 17.1. The molecule has 1 aliphatic rings. The van der Waals surface area contributed by atoms with E-state index >= 15 is 0 Å². The standard InChI is InChI=1S/C16H21F2NO3/c1-16(2,3)22-15(20)19-8-11(9-19)14(21-4)10-5-12(17)7-13(18)6-10/h5-7,11,14H,8-9H2,1-4H3. The highest BCUT2D eigenvalue weighted by Crippen LogP contribution is 2.34. The lowest BCUT2D eigenvalue weighted by Gasteiger charge is -2.43. The number of nitrogens with zero attached hydrogens (tertiary/aromatic N) is 1. The van der Waals surface area contributed by atoms with Gasteiger partial charge < -0.3 is 14.4 Å². The van der Waals surface area contributed by atoms with Crippen molar-refractivity contribution in [2.45, 2.75) is 32.5 Å². The molecule has 0 radical (unpaired) electrons. The van der Waals surface area contributed by atoms with Gasteiger partial charge in [-0.15, -0.1) is 0 Å². The highest BCUT2D eigenvalue weighted by Gasteiger charge is 2.39. The largest absolute Gasteiger partial charge is 0.444 e. The summed E-state index contributed by atoms with van der Waals surface area (Å²) in [5, 5.41) is 0. The molecule has 1 unspecified atom stereocenters. The number of carbonyl (C=O) groups excluding carboxylic acids is 1. The maximum Gasteiger partial charge on any atom is 0.410 e. The third-order valence-electron chi connectivity index (χ3n) is 3.46. The number of carbonyl (C=O) groups is 1. The Morgan fingerprint density at radius 1 is 1.23 bits per heavy atom. The predicted octanol–water partition coefficient (Wildman–Crippen LogP) is 3.52. The molecule has 1 saturated heterocycles. The Balaban J connectivity index is 1.99. The van der Waals surface area contributed by atoms with Crippen LogP contribution in [0.5, 0.6) is 0 Å². The molecule has 122 valence electrons. The molecule has 4 nitrogen and oxygen atoms in total. The third kappa shape index (κ3) is 3.94. The van der Waals surface area contributed by atoms with E-state index in [1.54, 1.807) is 25.7 Å². The van der Waals surface area contributed by atoms with Gasteiger partial charge in [-0.05, 0) is 38.5 Å². The zero-order chi connectivity index (χ0) is 16.5. The number of ether oxygens (including phenoxy) is 2. The van der Waals surface area contributed by atoms with Gasteiger partial charge in [0.1, 0.15) is 17.2 Å². The van der Waals surface area contributed by atoms with Gasteiger partial charge in [0.2, 0.25) is 0 Å². The average molecular weight is 313 g/mol. The minimum atomic E-state index is -0.639. The van der Waals surface area contributed by atoms with Crippen LogP contribution in [0.15, 0.2) is 18.2 Å². The smallest absolute Gasteiger partial charge is 0.410 e. The van der Waals surface area contributed by atoms with Crippen LogP contribution in [0, 0.1) is 17.6 Å². The first kappa shape index (κ1) is 16.7. The number of hydrogen-bond acceptors (Lipinski definition) is 3. The molecule has 1 aliphatic heterocycles. The minimum absolute atomic E-state index is 0.0151. The van der Waals surface area contributed by atoms with Gasteiger partial charge in [-0.3, -0.25) is 0 Å². The van der Waals surface area contributed by atoms with E-state index in [0.717, 1.165) is 6.07 Å². The minimum Gasteiger partial charge on any atom is -0.444 e. The molecule has 0 N–H and O–H groups in total. The molecule has 0 aliphatic carbocycles. The Hall–Kier alpha value is -1.69. The number of benzene rings is 1. The fourth-order valence-corrected chi connectivity index (χ4v) is 2.52. The molecule has 1 fully saturated rings. The van der Waals surface area contributed by atoms with Crippen LogP contribution >= 0.6 is 0 Å².